The van der Waals surface area contributed by atoms with Crippen molar-refractivity contribution in [3.63, 3.8) is 0 Å². The lowest BCUT2D eigenvalue weighted by atomic mass is 10.1. The Morgan fingerprint density at radius 2 is 1.86 bits per heavy atom. The monoisotopic (exact) mass is 419 g/mol. The minimum absolute atomic E-state index is 0.329. The van der Waals surface area contributed by atoms with Crippen molar-refractivity contribution < 1.29 is 19.1 Å². The summed E-state index contributed by atoms with van der Waals surface area (Å²) < 4.78 is 4.82. The van der Waals surface area contributed by atoms with E-state index in [4.69, 9.17) is 16.3 Å². The number of halogens is 1. The van der Waals surface area contributed by atoms with Crippen LogP contribution in [0.25, 0.3) is 0 Å². The Morgan fingerprint density at radius 1 is 1.14 bits per heavy atom. The van der Waals surface area contributed by atoms with E-state index in [0.29, 0.717) is 21.3 Å². The second kappa shape index (κ2) is 8.53. The van der Waals surface area contributed by atoms with Crippen molar-refractivity contribution >= 4 is 51.4 Å². The number of nitrogens with one attached hydrogen (secondary N) is 2. The average molecular weight is 420 g/mol. The average Bonchev–Trinajstić information content (AvgIpc) is 3.26. The van der Waals surface area contributed by atoms with Gasteiger partial charge in [-0.3, -0.25) is 9.59 Å². The molecule has 2 amide bonds. The Labute approximate surface area is 170 Å². The Bertz CT molecular complexity index is 966. The predicted octanol–water partition coefficient (Wildman–Crippen LogP) is 3.16. The number of fused-ring (bicyclic) bond motifs is 1. The van der Waals surface area contributed by atoms with Crippen LogP contribution in [0.4, 0.5) is 5.00 Å². The first kappa shape index (κ1) is 20.0. The van der Waals surface area contributed by atoms with Gasteiger partial charge in [-0.15, -0.1) is 11.3 Å². The van der Waals surface area contributed by atoms with Gasteiger partial charge in [-0.2, -0.15) is 5.10 Å². The summed E-state index contributed by atoms with van der Waals surface area (Å²) in [5.74, 6) is -2.36. The first-order chi connectivity index (χ1) is 13.4. The molecule has 0 unspecified atom stereocenters. The lowest BCUT2D eigenvalue weighted by molar-refractivity contribution is -0.136. The summed E-state index contributed by atoms with van der Waals surface area (Å²) in [4.78, 5) is 37.5. The van der Waals surface area contributed by atoms with Crippen LogP contribution in [0.1, 0.15) is 39.7 Å². The molecule has 28 heavy (non-hydrogen) atoms. The zero-order valence-electron chi connectivity index (χ0n) is 15.3. The molecule has 2 aromatic rings. The highest BCUT2D eigenvalue weighted by Gasteiger charge is 2.29. The van der Waals surface area contributed by atoms with Gasteiger partial charge in [-0.25, -0.2) is 10.2 Å². The number of esters is 1. The lowest BCUT2D eigenvalue weighted by Crippen LogP contribution is -2.33. The topological polar surface area (TPSA) is 96.9 Å². The molecule has 1 aromatic carbocycles. The zero-order valence-corrected chi connectivity index (χ0v) is 16.9. The highest BCUT2D eigenvalue weighted by atomic mass is 35.5. The van der Waals surface area contributed by atoms with Gasteiger partial charge in [0.25, 0.3) is 0 Å². The fourth-order valence-electron chi connectivity index (χ4n) is 2.91. The molecule has 1 aliphatic carbocycles. The number of hydrogen-bond donors (Lipinski definition) is 2. The third-order valence-electron chi connectivity index (χ3n) is 4.33. The molecule has 0 spiro atoms. The number of hydrazone groups is 1. The molecule has 0 atom stereocenters. The minimum Gasteiger partial charge on any atom is -0.465 e. The third kappa shape index (κ3) is 4.23. The van der Waals surface area contributed by atoms with Gasteiger partial charge in [0.1, 0.15) is 5.00 Å². The number of carbonyl (C=O) groups is 3. The van der Waals surface area contributed by atoms with E-state index in [0.717, 1.165) is 35.3 Å². The van der Waals surface area contributed by atoms with Crippen molar-refractivity contribution in [1.29, 1.82) is 0 Å². The second-order valence-electron chi connectivity index (χ2n) is 6.15. The number of ether oxygens (including phenoxy) is 1. The normalized spacial score (nSPS) is 13.0. The number of thiophene rings is 1. The van der Waals surface area contributed by atoms with Crippen LogP contribution in [0.15, 0.2) is 29.4 Å². The molecule has 146 valence electrons. The van der Waals surface area contributed by atoms with Gasteiger partial charge >= 0.3 is 17.8 Å². The molecule has 1 heterocycles. The summed E-state index contributed by atoms with van der Waals surface area (Å²) in [5, 5.41) is 7.36. The number of rotatable bonds is 4. The largest absolute Gasteiger partial charge is 0.465 e. The molecular weight excluding hydrogens is 402 g/mol. The van der Waals surface area contributed by atoms with Crippen LogP contribution in [0.3, 0.4) is 0 Å². The summed E-state index contributed by atoms with van der Waals surface area (Å²) in [6, 6.07) is 6.91. The smallest absolute Gasteiger partial charge is 0.341 e. The number of benzene rings is 1. The van der Waals surface area contributed by atoms with Crippen LogP contribution in [-0.4, -0.2) is 30.6 Å². The summed E-state index contributed by atoms with van der Waals surface area (Å²) in [6.07, 6.45) is 2.55. The molecule has 3 rings (SSSR count). The van der Waals surface area contributed by atoms with Crippen LogP contribution in [0, 0.1) is 0 Å². The van der Waals surface area contributed by atoms with Gasteiger partial charge in [0.05, 0.1) is 18.4 Å². The predicted molar refractivity (Wildman–Crippen MR) is 108 cm³/mol. The maximum atomic E-state index is 12.2. The summed E-state index contributed by atoms with van der Waals surface area (Å²) in [6.45, 7) is 1.70. The van der Waals surface area contributed by atoms with Crippen molar-refractivity contribution in [3.8, 4) is 0 Å². The SMILES string of the molecule is COC(=O)c1c(NC(=O)C(=O)NN=C(C)c2ccc(Cl)cc2)sc2c1CCC2. The van der Waals surface area contributed by atoms with E-state index in [1.54, 1.807) is 31.2 Å². The fourth-order valence-corrected chi connectivity index (χ4v) is 4.31. The molecule has 7 nitrogen and oxygen atoms in total. The Balaban J connectivity index is 1.70. The lowest BCUT2D eigenvalue weighted by Gasteiger charge is -2.06. The van der Waals surface area contributed by atoms with E-state index in [-0.39, 0.29) is 0 Å². The maximum absolute atomic E-state index is 12.2. The van der Waals surface area contributed by atoms with Crippen molar-refractivity contribution in [2.24, 2.45) is 5.10 Å². The van der Waals surface area contributed by atoms with Gasteiger partial charge in [0.15, 0.2) is 0 Å². The molecule has 0 aliphatic heterocycles. The quantitative estimate of drug-likeness (QED) is 0.344. The number of carbonyl (C=O) groups excluding carboxylic acids is 3. The number of aryl methyl sites for hydroxylation is 1. The first-order valence-corrected chi connectivity index (χ1v) is 9.74. The van der Waals surface area contributed by atoms with Crippen LogP contribution in [-0.2, 0) is 27.2 Å². The number of hydrogen-bond acceptors (Lipinski definition) is 6. The van der Waals surface area contributed by atoms with E-state index in [1.807, 2.05) is 0 Å². The minimum atomic E-state index is -0.933. The van der Waals surface area contributed by atoms with E-state index >= 15 is 0 Å². The summed E-state index contributed by atoms with van der Waals surface area (Å²) in [5.41, 5.74) is 4.72. The number of amides is 2. The summed E-state index contributed by atoms with van der Waals surface area (Å²) in [7, 11) is 1.29. The van der Waals surface area contributed by atoms with Gasteiger partial charge in [0, 0.05) is 9.90 Å². The molecule has 0 bridgehead atoms. The molecule has 0 saturated heterocycles. The number of methoxy groups -OCH3 is 1. The van der Waals surface area contributed by atoms with Crippen molar-refractivity contribution in [3.05, 3.63) is 50.9 Å². The highest BCUT2D eigenvalue weighted by molar-refractivity contribution is 7.17. The van der Waals surface area contributed by atoms with E-state index in [9.17, 15) is 14.4 Å². The van der Waals surface area contributed by atoms with Gasteiger partial charge in [-0.1, -0.05) is 23.7 Å². The van der Waals surface area contributed by atoms with Crippen molar-refractivity contribution in [1.82, 2.24) is 5.43 Å². The standard InChI is InChI=1S/C19H18ClN3O4S/c1-10(11-6-8-12(20)9-7-11)22-23-17(25)16(24)21-18-15(19(26)27-2)13-4-3-5-14(13)28-18/h6-9H,3-5H2,1-2H3,(H,21,24)(H,23,25). The Morgan fingerprint density at radius 3 is 2.54 bits per heavy atom. The molecular formula is C19H18ClN3O4S. The molecule has 1 aliphatic rings. The Kier molecular flexibility index (Phi) is 6.11. The van der Waals surface area contributed by atoms with Crippen molar-refractivity contribution in [2.45, 2.75) is 26.2 Å². The molecule has 2 N–H and O–H groups in total. The number of anilines is 1. The molecule has 0 fully saturated rings. The molecule has 9 heteroatoms. The second-order valence-corrected chi connectivity index (χ2v) is 7.69. The molecule has 1 aromatic heterocycles. The number of nitrogens with zero attached hydrogens (tertiary/aromatic N) is 1. The zero-order chi connectivity index (χ0) is 20.3. The third-order valence-corrected chi connectivity index (χ3v) is 5.79. The summed E-state index contributed by atoms with van der Waals surface area (Å²) >= 11 is 7.14. The van der Waals surface area contributed by atoms with E-state index in [1.165, 1.54) is 18.4 Å². The molecule has 0 saturated carbocycles. The van der Waals surface area contributed by atoms with Gasteiger partial charge < -0.3 is 10.1 Å². The first-order valence-electron chi connectivity index (χ1n) is 8.55. The highest BCUT2D eigenvalue weighted by Crippen LogP contribution is 2.39. The fraction of sp³-hybridized carbons (Fsp3) is 0.263. The van der Waals surface area contributed by atoms with E-state index < -0.39 is 17.8 Å². The van der Waals surface area contributed by atoms with Gasteiger partial charge in [-0.05, 0) is 49.4 Å². The van der Waals surface area contributed by atoms with E-state index in [2.05, 4.69) is 15.8 Å². The Hall–Kier alpha value is -2.71. The van der Waals surface area contributed by atoms with Crippen LogP contribution >= 0.6 is 22.9 Å². The van der Waals surface area contributed by atoms with Gasteiger partial charge in [0.2, 0.25) is 0 Å². The molecule has 0 radical (unpaired) electrons. The van der Waals surface area contributed by atoms with Crippen LogP contribution in [0.2, 0.25) is 5.02 Å². The van der Waals surface area contributed by atoms with Crippen LogP contribution in [0.5, 0.6) is 0 Å². The maximum Gasteiger partial charge on any atom is 0.341 e. The van der Waals surface area contributed by atoms with Crippen LogP contribution < -0.4 is 10.7 Å². The van der Waals surface area contributed by atoms with Crippen molar-refractivity contribution in [2.75, 3.05) is 12.4 Å².